The fraction of sp³-hybridized carbons (Fsp3) is 0.240. The highest BCUT2D eigenvalue weighted by Crippen LogP contribution is 2.37. The van der Waals surface area contributed by atoms with E-state index in [-0.39, 0.29) is 0 Å². The molecule has 3 heteroatoms. The topological polar surface area (TPSA) is 28.2 Å². The quantitative estimate of drug-likeness (QED) is 0.686. The van der Waals surface area contributed by atoms with Crippen LogP contribution in [0.3, 0.4) is 0 Å². The van der Waals surface area contributed by atoms with Crippen LogP contribution in [0.4, 0.5) is 0 Å². The minimum atomic E-state index is 0.557. The minimum Gasteiger partial charge on any atom is -0.307 e. The van der Waals surface area contributed by atoms with Gasteiger partial charge in [-0.05, 0) is 28.3 Å². The van der Waals surface area contributed by atoms with E-state index in [2.05, 4.69) is 82.0 Å². The molecule has 140 valence electrons. The molecule has 0 radical (unpaired) electrons. The van der Waals surface area contributed by atoms with Crippen LogP contribution in [0.5, 0.6) is 0 Å². The van der Waals surface area contributed by atoms with Gasteiger partial charge in [-0.15, -0.1) is 0 Å². The summed E-state index contributed by atoms with van der Waals surface area (Å²) in [4.78, 5) is 6.79. The fourth-order valence-electron chi connectivity index (χ4n) is 4.54. The Balaban J connectivity index is 1.22. The molecule has 0 aliphatic carbocycles. The Morgan fingerprint density at radius 3 is 2.25 bits per heavy atom. The van der Waals surface area contributed by atoms with Gasteiger partial charge in [0.1, 0.15) is 0 Å². The first-order valence-corrected chi connectivity index (χ1v) is 10.1. The van der Waals surface area contributed by atoms with Crippen LogP contribution in [0.15, 0.2) is 79.1 Å². The Labute approximate surface area is 166 Å². The van der Waals surface area contributed by atoms with Crippen LogP contribution >= 0.6 is 0 Å². The number of benzene rings is 2. The van der Waals surface area contributed by atoms with E-state index in [1.165, 1.54) is 22.3 Å². The van der Waals surface area contributed by atoms with E-state index in [1.807, 2.05) is 24.5 Å². The van der Waals surface area contributed by atoms with Crippen molar-refractivity contribution in [2.75, 3.05) is 13.1 Å². The van der Waals surface area contributed by atoms with E-state index in [1.54, 1.807) is 0 Å². The van der Waals surface area contributed by atoms with Crippen molar-refractivity contribution in [3.05, 3.63) is 101 Å². The molecule has 3 aliphatic heterocycles. The predicted octanol–water partition coefficient (Wildman–Crippen LogP) is 4.19. The SMILES string of the molecule is C(=C\c1ccc(C2[C@@H]3CN(Cc4cccnc4)C[C@H]2N3)cc1)/c1ccccc1. The first kappa shape index (κ1) is 17.4. The van der Waals surface area contributed by atoms with Crippen LogP contribution in [0, 0.1) is 0 Å². The van der Waals surface area contributed by atoms with Crippen molar-refractivity contribution in [3.8, 4) is 0 Å². The van der Waals surface area contributed by atoms with E-state index in [0.29, 0.717) is 18.0 Å². The molecule has 3 aliphatic rings. The predicted molar refractivity (Wildman–Crippen MR) is 115 cm³/mol. The zero-order chi connectivity index (χ0) is 18.8. The van der Waals surface area contributed by atoms with E-state index >= 15 is 0 Å². The third-order valence-corrected chi connectivity index (χ3v) is 5.92. The highest BCUT2D eigenvalue weighted by Gasteiger charge is 2.46. The van der Waals surface area contributed by atoms with Gasteiger partial charge in [-0.2, -0.15) is 0 Å². The van der Waals surface area contributed by atoms with Gasteiger partial charge in [-0.1, -0.05) is 72.8 Å². The number of pyridine rings is 1. The lowest BCUT2D eigenvalue weighted by Crippen LogP contribution is -2.71. The van der Waals surface area contributed by atoms with Gasteiger partial charge in [-0.3, -0.25) is 9.88 Å². The molecular weight excluding hydrogens is 342 g/mol. The number of piperazine rings is 1. The lowest BCUT2D eigenvalue weighted by molar-refractivity contribution is 0.0470. The Bertz CT molecular complexity index is 923. The second-order valence-electron chi connectivity index (χ2n) is 7.87. The van der Waals surface area contributed by atoms with Crippen LogP contribution < -0.4 is 5.32 Å². The summed E-state index contributed by atoms with van der Waals surface area (Å²) in [6, 6.07) is 24.9. The molecule has 0 amide bonds. The molecule has 1 N–H and O–H groups in total. The monoisotopic (exact) mass is 367 g/mol. The van der Waals surface area contributed by atoms with Crippen molar-refractivity contribution in [3.63, 3.8) is 0 Å². The summed E-state index contributed by atoms with van der Waals surface area (Å²) < 4.78 is 0. The molecule has 3 fully saturated rings. The summed E-state index contributed by atoms with van der Waals surface area (Å²) in [6.07, 6.45) is 8.18. The molecule has 0 spiro atoms. The summed E-state index contributed by atoms with van der Waals surface area (Å²) in [5.41, 5.74) is 5.25. The minimum absolute atomic E-state index is 0.557. The van der Waals surface area contributed by atoms with Crippen molar-refractivity contribution in [2.45, 2.75) is 24.5 Å². The van der Waals surface area contributed by atoms with Gasteiger partial charge in [0, 0.05) is 50.0 Å². The molecule has 3 aromatic rings. The van der Waals surface area contributed by atoms with E-state index in [0.717, 1.165) is 19.6 Å². The third kappa shape index (κ3) is 3.64. The zero-order valence-corrected chi connectivity index (χ0v) is 15.9. The normalized spacial score (nSPS) is 24.2. The number of fused-ring (bicyclic) bond motifs is 2. The number of rotatable bonds is 5. The molecule has 3 nitrogen and oxygen atoms in total. The van der Waals surface area contributed by atoms with Crippen molar-refractivity contribution in [2.24, 2.45) is 0 Å². The van der Waals surface area contributed by atoms with Gasteiger partial charge in [0.15, 0.2) is 0 Å². The van der Waals surface area contributed by atoms with Gasteiger partial charge < -0.3 is 5.32 Å². The number of aromatic nitrogens is 1. The van der Waals surface area contributed by atoms with E-state index in [9.17, 15) is 0 Å². The molecule has 1 aromatic heterocycles. The molecule has 2 aromatic carbocycles. The largest absolute Gasteiger partial charge is 0.307 e. The van der Waals surface area contributed by atoms with Crippen molar-refractivity contribution in [1.29, 1.82) is 0 Å². The number of hydrogen-bond donors (Lipinski definition) is 1. The van der Waals surface area contributed by atoms with Crippen LogP contribution in [0.25, 0.3) is 12.2 Å². The summed E-state index contributed by atoms with van der Waals surface area (Å²) in [6.45, 7) is 3.20. The van der Waals surface area contributed by atoms with Gasteiger partial charge in [0.2, 0.25) is 0 Å². The van der Waals surface area contributed by atoms with Gasteiger partial charge in [0.05, 0.1) is 0 Å². The van der Waals surface area contributed by atoms with Crippen LogP contribution in [0.2, 0.25) is 0 Å². The summed E-state index contributed by atoms with van der Waals surface area (Å²) in [7, 11) is 0. The van der Waals surface area contributed by atoms with Crippen molar-refractivity contribution < 1.29 is 0 Å². The Morgan fingerprint density at radius 2 is 1.57 bits per heavy atom. The summed E-state index contributed by atoms with van der Waals surface area (Å²) in [5.74, 6) is 0.636. The standard InChI is InChI=1S/C25H25N3/c1-2-5-19(6-3-1)8-9-20-10-12-22(13-11-20)25-23-17-28(18-24(25)27-23)16-21-7-4-14-26-15-21/h1-15,23-25,27H,16-18H2/b9-8+/t23-,24+,25?. The average Bonchev–Trinajstić information content (AvgIpc) is 2.75. The molecule has 3 atom stereocenters. The summed E-state index contributed by atoms with van der Waals surface area (Å²) >= 11 is 0. The maximum Gasteiger partial charge on any atom is 0.0312 e. The Kier molecular flexibility index (Phi) is 4.78. The van der Waals surface area contributed by atoms with Crippen molar-refractivity contribution >= 4 is 12.2 Å². The second kappa shape index (κ2) is 7.70. The molecule has 4 heterocycles. The second-order valence-corrected chi connectivity index (χ2v) is 7.87. The lowest BCUT2D eigenvalue weighted by atomic mass is 9.74. The molecule has 1 unspecified atom stereocenters. The highest BCUT2D eigenvalue weighted by molar-refractivity contribution is 5.69. The van der Waals surface area contributed by atoms with Crippen LogP contribution in [0.1, 0.15) is 28.2 Å². The first-order valence-electron chi connectivity index (χ1n) is 10.1. The maximum absolute atomic E-state index is 4.24. The smallest absolute Gasteiger partial charge is 0.0312 e. The van der Waals surface area contributed by atoms with Crippen molar-refractivity contribution in [1.82, 2.24) is 15.2 Å². The van der Waals surface area contributed by atoms with Gasteiger partial charge >= 0.3 is 0 Å². The molecule has 6 rings (SSSR count). The average molecular weight is 367 g/mol. The van der Waals surface area contributed by atoms with Gasteiger partial charge in [-0.25, -0.2) is 0 Å². The number of nitrogens with one attached hydrogen (secondary N) is 1. The first-order chi connectivity index (χ1) is 13.8. The number of nitrogens with zero attached hydrogens (tertiary/aromatic N) is 2. The molecular formula is C25H25N3. The van der Waals surface area contributed by atoms with Crippen LogP contribution in [-0.4, -0.2) is 35.1 Å². The van der Waals surface area contributed by atoms with E-state index < -0.39 is 0 Å². The lowest BCUT2D eigenvalue weighted by Gasteiger charge is -2.55. The zero-order valence-electron chi connectivity index (χ0n) is 15.9. The Morgan fingerprint density at radius 1 is 0.857 bits per heavy atom. The summed E-state index contributed by atoms with van der Waals surface area (Å²) in [5, 5.41) is 3.73. The van der Waals surface area contributed by atoms with E-state index in [4.69, 9.17) is 0 Å². The maximum atomic E-state index is 4.24. The molecule has 3 saturated heterocycles. The molecule has 0 saturated carbocycles. The van der Waals surface area contributed by atoms with Crippen LogP contribution in [-0.2, 0) is 6.54 Å². The molecule has 28 heavy (non-hydrogen) atoms. The molecule has 2 bridgehead atoms. The highest BCUT2D eigenvalue weighted by atomic mass is 15.3. The third-order valence-electron chi connectivity index (χ3n) is 5.92. The number of hydrogen-bond acceptors (Lipinski definition) is 3. The Hall–Kier alpha value is -2.75. The van der Waals surface area contributed by atoms with Gasteiger partial charge in [0.25, 0.3) is 0 Å². The number of piperidine rings is 1. The fourth-order valence-corrected chi connectivity index (χ4v) is 4.54.